The van der Waals surface area contributed by atoms with Crippen LogP contribution in [0.3, 0.4) is 0 Å². The number of hydrogen-bond donors (Lipinski definition) is 1. The molecule has 0 amide bonds. The highest BCUT2D eigenvalue weighted by atomic mass is 35.5. The first-order chi connectivity index (χ1) is 19.3. The molecule has 3 aromatic rings. The van der Waals surface area contributed by atoms with Crippen LogP contribution < -0.4 is 14.2 Å². The fraction of sp³-hybridized carbons (Fsp3) is 0.556. The summed E-state index contributed by atoms with van der Waals surface area (Å²) in [6, 6.07) is 5.35. The molecule has 1 fully saturated rings. The summed E-state index contributed by atoms with van der Waals surface area (Å²) in [5, 5.41) is 8.28. The number of para-hydroxylation sites is 1. The molecule has 0 saturated carbocycles. The van der Waals surface area contributed by atoms with E-state index in [1.54, 1.807) is 50.8 Å². The normalized spacial score (nSPS) is 17.8. The Labute approximate surface area is 246 Å². The topological polar surface area (TPSA) is 134 Å². The molecule has 3 atom stereocenters. The summed E-state index contributed by atoms with van der Waals surface area (Å²) >= 11 is 5.92. The molecule has 2 aromatic heterocycles. The van der Waals surface area contributed by atoms with E-state index in [2.05, 4.69) is 29.8 Å². The number of rotatable bonds is 11. The van der Waals surface area contributed by atoms with Crippen LogP contribution in [0.2, 0.25) is 5.02 Å². The number of likely N-dealkylation sites (tertiary alicyclic amines) is 1. The van der Waals surface area contributed by atoms with Gasteiger partial charge in [0.1, 0.15) is 28.8 Å². The molecule has 3 heterocycles. The van der Waals surface area contributed by atoms with Crippen molar-refractivity contribution in [1.82, 2.24) is 29.6 Å². The Hall–Kier alpha value is -3.00. The second-order valence-electron chi connectivity index (χ2n) is 11.1. The first-order valence-corrected chi connectivity index (χ1v) is 15.3. The fourth-order valence-corrected chi connectivity index (χ4v) is 5.93. The number of sulfonamides is 1. The summed E-state index contributed by atoms with van der Waals surface area (Å²) in [5.41, 5.74) is 0.237. The van der Waals surface area contributed by atoms with Crippen molar-refractivity contribution in [3.05, 3.63) is 47.3 Å². The zero-order valence-corrected chi connectivity index (χ0v) is 26.0. The second kappa shape index (κ2) is 12.5. The van der Waals surface area contributed by atoms with Crippen LogP contribution in [0.15, 0.2) is 30.6 Å². The molecule has 0 unspecified atom stereocenters. The first kappa shape index (κ1) is 30.9. The molecular weight excluding hydrogens is 570 g/mol. The van der Waals surface area contributed by atoms with Gasteiger partial charge in [-0.1, -0.05) is 24.6 Å². The van der Waals surface area contributed by atoms with Gasteiger partial charge in [-0.2, -0.15) is 0 Å². The summed E-state index contributed by atoms with van der Waals surface area (Å²) in [5.74, 6) is 1.36. The maximum absolute atomic E-state index is 13.7. The first-order valence-electron chi connectivity index (χ1n) is 13.4. The van der Waals surface area contributed by atoms with Crippen LogP contribution in [0.1, 0.15) is 64.5 Å². The van der Waals surface area contributed by atoms with Crippen molar-refractivity contribution in [2.24, 2.45) is 0 Å². The van der Waals surface area contributed by atoms with Crippen molar-refractivity contribution < 1.29 is 22.6 Å². The largest absolute Gasteiger partial charge is 0.494 e. The summed E-state index contributed by atoms with van der Waals surface area (Å²) in [6.45, 7) is 11.3. The van der Waals surface area contributed by atoms with Crippen LogP contribution in [0.4, 0.5) is 5.95 Å². The monoisotopic (exact) mass is 607 g/mol. The number of benzene rings is 1. The van der Waals surface area contributed by atoms with Gasteiger partial charge in [0.15, 0.2) is 0 Å². The van der Waals surface area contributed by atoms with E-state index in [4.69, 9.17) is 25.8 Å². The molecule has 0 radical (unpaired) electrons. The van der Waals surface area contributed by atoms with E-state index in [0.29, 0.717) is 47.1 Å². The smallest absolute Gasteiger partial charge is 0.243 e. The van der Waals surface area contributed by atoms with Gasteiger partial charge in [-0.3, -0.25) is 14.2 Å². The predicted octanol–water partition coefficient (Wildman–Crippen LogP) is 4.22. The molecule has 14 heteroatoms. The average Bonchev–Trinajstić information content (AvgIpc) is 3.57. The van der Waals surface area contributed by atoms with Crippen molar-refractivity contribution >= 4 is 27.6 Å². The number of nitrogens with one attached hydrogen (secondary N) is 1. The van der Waals surface area contributed by atoms with Gasteiger partial charge in [-0.15, -0.1) is 10.2 Å². The summed E-state index contributed by atoms with van der Waals surface area (Å²) in [4.78, 5) is 10.6. The third kappa shape index (κ3) is 7.08. The van der Waals surface area contributed by atoms with Crippen LogP contribution in [-0.4, -0.2) is 82.9 Å². The molecule has 4 rings (SSSR count). The lowest BCUT2D eigenvalue weighted by Crippen LogP contribution is -2.32. The number of hydrogen-bond acceptors (Lipinski definition) is 10. The molecule has 41 heavy (non-hydrogen) atoms. The van der Waals surface area contributed by atoms with Gasteiger partial charge < -0.3 is 14.2 Å². The molecular formula is C27H38ClN7O5S. The van der Waals surface area contributed by atoms with Gasteiger partial charge in [-0.25, -0.2) is 18.4 Å². The fourth-order valence-electron chi connectivity index (χ4n) is 4.60. The lowest BCUT2D eigenvalue weighted by atomic mass is 10.1. The van der Waals surface area contributed by atoms with Crippen molar-refractivity contribution in [3.8, 4) is 17.2 Å². The van der Waals surface area contributed by atoms with Crippen LogP contribution in [0, 0.1) is 0 Å². The highest BCUT2D eigenvalue weighted by Gasteiger charge is 2.35. The van der Waals surface area contributed by atoms with Gasteiger partial charge >= 0.3 is 0 Å². The van der Waals surface area contributed by atoms with Crippen molar-refractivity contribution in [2.45, 2.75) is 63.7 Å². The number of nitrogens with zero attached hydrogens (tertiary/aromatic N) is 6. The average molecular weight is 608 g/mol. The number of aromatic nitrogens is 5. The van der Waals surface area contributed by atoms with Crippen molar-refractivity contribution in [1.29, 1.82) is 0 Å². The van der Waals surface area contributed by atoms with Gasteiger partial charge in [-0.05, 0) is 46.2 Å². The minimum Gasteiger partial charge on any atom is -0.494 e. The lowest BCUT2D eigenvalue weighted by molar-refractivity contribution is -0.0570. The molecule has 0 spiro atoms. The molecule has 1 aliphatic rings. The van der Waals surface area contributed by atoms with Gasteiger partial charge in [0.25, 0.3) is 0 Å². The molecule has 1 saturated heterocycles. The van der Waals surface area contributed by atoms with Crippen LogP contribution in [-0.2, 0) is 14.8 Å². The highest BCUT2D eigenvalue weighted by Crippen LogP contribution is 2.39. The van der Waals surface area contributed by atoms with E-state index in [9.17, 15) is 8.42 Å². The summed E-state index contributed by atoms with van der Waals surface area (Å²) in [7, 11) is -0.895. The lowest BCUT2D eigenvalue weighted by Gasteiger charge is -2.24. The molecule has 224 valence electrons. The predicted molar refractivity (Wildman–Crippen MR) is 157 cm³/mol. The molecule has 1 aromatic carbocycles. The van der Waals surface area contributed by atoms with E-state index in [0.717, 1.165) is 13.0 Å². The van der Waals surface area contributed by atoms with E-state index in [-0.39, 0.29) is 17.5 Å². The standard InChI is InChI=1S/C27H38ClN7O5S/c1-17(24-29-13-20(28)14-30-24)18(2)41(36,37)33-26-32-31-25(19-11-12-34(15-19)16-40-27(3,4)5)35(26)23-21(38-6)9-8-10-22(23)39-7/h8-10,13-14,17-19H,11-12,15-16H2,1-7H3,(H,32,33)/t17-,18-,19-/m0/s1. The van der Waals surface area contributed by atoms with E-state index < -0.39 is 21.2 Å². The Balaban J connectivity index is 1.71. The van der Waals surface area contributed by atoms with Gasteiger partial charge in [0, 0.05) is 37.3 Å². The number of ether oxygens (including phenoxy) is 3. The molecule has 1 aliphatic heterocycles. The Morgan fingerprint density at radius 3 is 2.32 bits per heavy atom. The Bertz CT molecular complexity index is 1420. The minimum atomic E-state index is -3.98. The Morgan fingerprint density at radius 2 is 1.73 bits per heavy atom. The molecule has 1 N–H and O–H groups in total. The number of methoxy groups -OCH3 is 2. The van der Waals surface area contributed by atoms with E-state index in [1.807, 2.05) is 20.8 Å². The van der Waals surface area contributed by atoms with E-state index >= 15 is 0 Å². The zero-order valence-electron chi connectivity index (χ0n) is 24.5. The second-order valence-corrected chi connectivity index (χ2v) is 13.6. The highest BCUT2D eigenvalue weighted by molar-refractivity contribution is 7.93. The quantitative estimate of drug-likeness (QED) is 0.337. The molecule has 0 bridgehead atoms. The Kier molecular flexibility index (Phi) is 9.42. The maximum Gasteiger partial charge on any atom is 0.243 e. The third-order valence-corrected chi connectivity index (χ3v) is 9.16. The van der Waals surface area contributed by atoms with Crippen LogP contribution in [0.5, 0.6) is 11.5 Å². The third-order valence-electron chi connectivity index (χ3n) is 7.11. The van der Waals surface area contributed by atoms with Crippen LogP contribution >= 0.6 is 11.6 Å². The van der Waals surface area contributed by atoms with E-state index in [1.165, 1.54) is 12.4 Å². The van der Waals surface area contributed by atoms with Gasteiger partial charge in [0.05, 0.1) is 36.8 Å². The van der Waals surface area contributed by atoms with Crippen molar-refractivity contribution in [3.63, 3.8) is 0 Å². The van der Waals surface area contributed by atoms with Gasteiger partial charge in [0.2, 0.25) is 16.0 Å². The number of halogens is 1. The molecule has 12 nitrogen and oxygen atoms in total. The van der Waals surface area contributed by atoms with Crippen molar-refractivity contribution in [2.75, 3.05) is 38.8 Å². The Morgan fingerprint density at radius 1 is 1.10 bits per heavy atom. The number of anilines is 1. The van der Waals surface area contributed by atoms with Crippen LogP contribution in [0.25, 0.3) is 5.69 Å². The minimum absolute atomic E-state index is 0.0308. The summed E-state index contributed by atoms with van der Waals surface area (Å²) in [6.07, 6.45) is 3.68. The SMILES string of the molecule is COc1cccc(OC)c1-n1c(NS(=O)(=O)[C@@H](C)[C@H](C)c2ncc(Cl)cn2)nnc1[C@H]1CCN(COC(C)(C)C)C1. The summed E-state index contributed by atoms with van der Waals surface area (Å²) < 4.78 is 49.0. The zero-order chi connectivity index (χ0) is 29.9. The maximum atomic E-state index is 13.7. The molecule has 0 aliphatic carbocycles.